The minimum atomic E-state index is -0.759. The van der Waals surface area contributed by atoms with Gasteiger partial charge in [0.15, 0.2) is 0 Å². The van der Waals surface area contributed by atoms with Gasteiger partial charge in [-0.15, -0.1) is 0 Å². The molecule has 0 unspecified atom stereocenters. The first-order valence-electron chi connectivity index (χ1n) is 39.8. The van der Waals surface area contributed by atoms with Crippen molar-refractivity contribution in [1.82, 2.24) is 0 Å². The zero-order valence-corrected chi connectivity index (χ0v) is 69.4. The Morgan fingerprint density at radius 3 is 0.650 bits per heavy atom. The first-order chi connectivity index (χ1) is 55.9. The first-order valence-corrected chi connectivity index (χ1v) is 39.8. The summed E-state index contributed by atoms with van der Waals surface area (Å²) in [5.74, 6) is 1.72. The lowest BCUT2D eigenvalue weighted by Gasteiger charge is -2.27. The molecule has 1 N–H and O–H groups in total. The van der Waals surface area contributed by atoms with Crippen LogP contribution in [0.15, 0.2) is 370 Å². The van der Waals surface area contributed by atoms with E-state index in [0.717, 1.165) is 44.5 Å². The van der Waals surface area contributed by atoms with E-state index in [1.165, 1.54) is 33.4 Å². The van der Waals surface area contributed by atoms with Crippen LogP contribution in [0.4, 0.5) is 4.79 Å². The fraction of sp³-hybridized carbons (Fsp3) is 0.194. The molecule has 0 heterocycles. The summed E-state index contributed by atoms with van der Waals surface area (Å²) in [4.78, 5) is 39.3. The second kappa shape index (κ2) is 35.7. The standard InChI is InChI=1S/C46H44O3.2C31H30O3/c1-44(2,33-16-10-7-11-17-33)36-22-27-39(28-23-36)48-42-31-26-38(46(5,6)35-20-14-9-15-21-35)32-41(42)43(47)49-40-29-24-37(25-30-40)45(3,4)34-18-12-8-13-19-34;1-30(2,23-11-7-5-8-12-23)25-15-19-27(20-16-25)33-29(32)34-28-21-17-26(18-22-28)31(3,4)24-13-9-6-10-14-24;1-30(2,22-11-7-5-8-12-22)24-15-18-26(19-16-24)34-29(33)27-21-25(17-20-28(27)32)31(3,4)23-13-9-6-10-14-23/h7-32H,1-6H3;5-22H,1-4H3;5-21,32H,1-4H3. The quantitative estimate of drug-likeness (QED) is 0.0402. The van der Waals surface area contributed by atoms with Crippen LogP contribution in [-0.2, 0) is 37.9 Å². The Kier molecular flexibility index (Phi) is 25.4. The van der Waals surface area contributed by atoms with E-state index in [0.29, 0.717) is 40.1 Å². The Labute approximate surface area is 691 Å². The number of carbonyl (C=O) groups excluding carboxylic acids is 3. The molecule has 0 radical (unpaired) electrons. The van der Waals surface area contributed by atoms with E-state index in [2.05, 4.69) is 218 Å². The third-order valence-electron chi connectivity index (χ3n) is 23.3. The van der Waals surface area contributed by atoms with Gasteiger partial charge in [0.1, 0.15) is 51.4 Å². The van der Waals surface area contributed by atoms with Gasteiger partial charge in [0.2, 0.25) is 0 Å². The molecule has 9 nitrogen and oxygen atoms in total. The molecule has 0 fully saturated rings. The lowest BCUT2D eigenvalue weighted by Crippen LogP contribution is -2.20. The van der Waals surface area contributed by atoms with Crippen LogP contribution in [-0.4, -0.2) is 23.2 Å². The smallest absolute Gasteiger partial charge is 0.507 e. The Hall–Kier alpha value is -13.1. The van der Waals surface area contributed by atoms with Gasteiger partial charge in [0, 0.05) is 37.9 Å². The summed E-state index contributed by atoms with van der Waals surface area (Å²) in [5.41, 5.74) is 14.9. The predicted molar refractivity (Wildman–Crippen MR) is 473 cm³/mol. The first kappa shape index (κ1) is 83.3. The highest BCUT2D eigenvalue weighted by Gasteiger charge is 2.32. The second-order valence-corrected chi connectivity index (χ2v) is 33.3. The summed E-state index contributed by atoms with van der Waals surface area (Å²) >= 11 is 0. The van der Waals surface area contributed by atoms with E-state index in [9.17, 15) is 19.5 Å². The summed E-state index contributed by atoms with van der Waals surface area (Å²) in [6.07, 6.45) is -0.759. The average Bonchev–Trinajstić information content (AvgIpc) is 0.787. The number of aromatic hydroxyl groups is 1. The van der Waals surface area contributed by atoms with Crippen LogP contribution in [0.3, 0.4) is 0 Å². The van der Waals surface area contributed by atoms with Crippen LogP contribution in [0.1, 0.15) is 196 Å². The molecule has 0 saturated heterocycles. The zero-order valence-electron chi connectivity index (χ0n) is 69.4. The van der Waals surface area contributed by atoms with Crippen molar-refractivity contribution in [2.75, 3.05) is 0 Å². The highest BCUT2D eigenvalue weighted by molar-refractivity contribution is 5.95. The van der Waals surface area contributed by atoms with Gasteiger partial charge in [-0.05, 0) is 163 Å². The average molecular weight is 1550 g/mol. The van der Waals surface area contributed by atoms with Crippen LogP contribution >= 0.6 is 0 Å². The van der Waals surface area contributed by atoms with Crippen molar-refractivity contribution in [3.8, 4) is 40.2 Å². The minimum absolute atomic E-state index is 0.0977. The van der Waals surface area contributed by atoms with Crippen LogP contribution in [0, 0.1) is 0 Å². The number of phenolic OH excluding ortho intramolecular Hbond substituents is 1. The Balaban J connectivity index is 0.000000166. The largest absolute Gasteiger partial charge is 0.519 e. The van der Waals surface area contributed by atoms with Gasteiger partial charge >= 0.3 is 18.1 Å². The molecule has 0 aromatic heterocycles. The van der Waals surface area contributed by atoms with E-state index in [4.69, 9.17) is 23.7 Å². The van der Waals surface area contributed by atoms with Crippen LogP contribution in [0.25, 0.3) is 0 Å². The van der Waals surface area contributed by atoms with Crippen molar-refractivity contribution >= 4 is 18.1 Å². The highest BCUT2D eigenvalue weighted by Crippen LogP contribution is 2.42. The minimum Gasteiger partial charge on any atom is -0.507 e. The van der Waals surface area contributed by atoms with Gasteiger partial charge in [0.05, 0.1) is 0 Å². The summed E-state index contributed by atoms with van der Waals surface area (Å²) in [6, 6.07) is 122. The Morgan fingerprint density at radius 2 is 0.393 bits per heavy atom. The molecule has 0 bridgehead atoms. The number of carbonyl (C=O) groups is 3. The topological polar surface area (TPSA) is 118 Å². The molecule has 0 aliphatic heterocycles. The number of hydrogen-bond donors (Lipinski definition) is 1. The third kappa shape index (κ3) is 19.6. The summed E-state index contributed by atoms with van der Waals surface area (Å²) in [5, 5.41) is 10.4. The van der Waals surface area contributed by atoms with E-state index in [1.54, 1.807) is 48.5 Å². The van der Waals surface area contributed by atoms with Gasteiger partial charge in [0.25, 0.3) is 0 Å². The van der Waals surface area contributed by atoms with E-state index >= 15 is 0 Å². The van der Waals surface area contributed by atoms with Gasteiger partial charge in [-0.2, -0.15) is 0 Å². The second-order valence-electron chi connectivity index (χ2n) is 33.3. The zero-order chi connectivity index (χ0) is 83.2. The number of benzene rings is 14. The number of ether oxygens (including phenoxy) is 5. The Bertz CT molecular complexity index is 5510. The fourth-order valence-corrected chi connectivity index (χ4v) is 14.8. The monoisotopic (exact) mass is 1540 g/mol. The maximum absolute atomic E-state index is 14.0. The van der Waals surface area contributed by atoms with Gasteiger partial charge < -0.3 is 28.8 Å². The summed E-state index contributed by atoms with van der Waals surface area (Å²) in [6.45, 7) is 30.4. The van der Waals surface area contributed by atoms with Gasteiger partial charge in [-0.1, -0.05) is 382 Å². The summed E-state index contributed by atoms with van der Waals surface area (Å²) in [7, 11) is 0. The molecule has 0 amide bonds. The molecule has 9 heteroatoms. The van der Waals surface area contributed by atoms with Crippen molar-refractivity contribution in [1.29, 1.82) is 0 Å². The van der Waals surface area contributed by atoms with Crippen molar-refractivity contribution in [2.45, 2.75) is 135 Å². The maximum atomic E-state index is 14.0. The van der Waals surface area contributed by atoms with Crippen molar-refractivity contribution in [3.05, 3.63) is 459 Å². The predicted octanol–water partition coefficient (Wildman–Crippen LogP) is 26.9. The molecule has 590 valence electrons. The van der Waals surface area contributed by atoms with Crippen LogP contribution in [0.2, 0.25) is 0 Å². The molecular formula is C108H104O9. The molecule has 14 aromatic rings. The third-order valence-corrected chi connectivity index (χ3v) is 23.3. The molecule has 14 aromatic carbocycles. The normalized spacial score (nSPS) is 11.8. The molecular weight excluding hydrogens is 1440 g/mol. The number of phenols is 1. The maximum Gasteiger partial charge on any atom is 0.519 e. The van der Waals surface area contributed by atoms with Gasteiger partial charge in [-0.25, -0.2) is 14.4 Å². The van der Waals surface area contributed by atoms with Crippen molar-refractivity contribution in [2.24, 2.45) is 0 Å². The summed E-state index contributed by atoms with van der Waals surface area (Å²) < 4.78 is 28.9. The Morgan fingerprint density at radius 1 is 0.205 bits per heavy atom. The SMILES string of the molecule is CC(C)(c1ccccc1)c1ccc(OC(=O)Oc2ccc(C(C)(C)c3ccccc3)cc2)cc1.CC(C)(c1ccccc1)c1ccc(OC(=O)c2cc(C(C)(C)c3ccccc3)ccc2O)cc1.CC(C)(c1ccccc1)c1ccc(OC(=O)c2cc(C(C)(C)c3ccccc3)ccc2Oc2ccc(C(C)(C)c3ccccc3)cc2)cc1. The lowest BCUT2D eigenvalue weighted by atomic mass is 9.77. The van der Waals surface area contributed by atoms with E-state index in [1.807, 2.05) is 200 Å². The van der Waals surface area contributed by atoms with Crippen molar-refractivity contribution in [3.63, 3.8) is 0 Å². The fourth-order valence-electron chi connectivity index (χ4n) is 14.8. The molecule has 0 aliphatic rings. The molecule has 0 aliphatic carbocycles. The van der Waals surface area contributed by atoms with Crippen molar-refractivity contribution < 1.29 is 43.2 Å². The molecule has 0 spiro atoms. The van der Waals surface area contributed by atoms with E-state index in [-0.39, 0.29) is 49.2 Å². The van der Waals surface area contributed by atoms with Crippen LogP contribution < -0.4 is 23.7 Å². The number of esters is 2. The molecule has 0 saturated carbocycles. The van der Waals surface area contributed by atoms with Gasteiger partial charge in [-0.3, -0.25) is 0 Å². The van der Waals surface area contributed by atoms with Crippen LogP contribution in [0.5, 0.6) is 40.2 Å². The number of hydrogen-bond acceptors (Lipinski definition) is 9. The lowest BCUT2D eigenvalue weighted by molar-refractivity contribution is 0.0721. The highest BCUT2D eigenvalue weighted by atomic mass is 16.7. The molecule has 14 rings (SSSR count). The van der Waals surface area contributed by atoms with E-state index < -0.39 is 18.1 Å². The molecule has 0 atom stereocenters. The number of rotatable bonds is 22. The molecule has 117 heavy (non-hydrogen) atoms.